The highest BCUT2D eigenvalue weighted by molar-refractivity contribution is 5.80. The van der Waals surface area contributed by atoms with Crippen LogP contribution in [-0.2, 0) is 19.0 Å². The van der Waals surface area contributed by atoms with E-state index in [9.17, 15) is 14.7 Å². The smallest absolute Gasteiger partial charge is 0.408 e. The maximum Gasteiger partial charge on any atom is 0.408 e. The Bertz CT molecular complexity index is 547. The molecule has 1 amide bonds. The van der Waals surface area contributed by atoms with Gasteiger partial charge in [0.1, 0.15) is 11.6 Å². The highest BCUT2D eigenvalue weighted by atomic mass is 16.9. The van der Waals surface area contributed by atoms with E-state index in [2.05, 4.69) is 5.32 Å². The normalized spacial score (nSPS) is 21.9. The molecule has 2 rings (SSSR count). The van der Waals surface area contributed by atoms with E-state index in [1.165, 1.54) is 0 Å². The van der Waals surface area contributed by atoms with Crippen LogP contribution in [0.5, 0.6) is 0 Å². The molecule has 0 spiro atoms. The minimum absolute atomic E-state index is 0.00207. The van der Waals surface area contributed by atoms with E-state index in [0.717, 1.165) is 5.56 Å². The van der Waals surface area contributed by atoms with Gasteiger partial charge in [-0.25, -0.2) is 9.59 Å². The van der Waals surface area contributed by atoms with Crippen molar-refractivity contribution in [2.75, 3.05) is 0 Å². The highest BCUT2D eigenvalue weighted by Crippen LogP contribution is 2.33. The van der Waals surface area contributed by atoms with Crippen LogP contribution in [0, 0.1) is 0 Å². The predicted octanol–water partition coefficient (Wildman–Crippen LogP) is 2.43. The Morgan fingerprint density at radius 2 is 1.87 bits per heavy atom. The quantitative estimate of drug-likeness (QED) is 0.864. The number of carboxylic acids is 1. The third-order valence-corrected chi connectivity index (χ3v) is 3.04. The number of aliphatic carboxylic acids is 1. The van der Waals surface area contributed by atoms with Gasteiger partial charge in [0.05, 0.1) is 0 Å². The first-order valence-corrected chi connectivity index (χ1v) is 7.33. The number of ether oxygens (including phenoxy) is 3. The number of hydrogen-bond acceptors (Lipinski definition) is 5. The lowest BCUT2D eigenvalue weighted by atomic mass is 10.1. The van der Waals surface area contributed by atoms with Gasteiger partial charge in [-0.2, -0.15) is 0 Å². The standard InChI is InChI=1S/C16H21NO6/c1-16(2,3)23-15(20)17-11(13(18)19)9-12-21-14(22-12)10-7-5-4-6-8-10/h4-8,11-12,14H,9H2,1-3H3,(H,17,20)(H,18,19)/t11-,12?,14?/m0/s1. The molecule has 2 N–H and O–H groups in total. The van der Waals surface area contributed by atoms with Gasteiger partial charge in [0.15, 0.2) is 12.6 Å². The largest absolute Gasteiger partial charge is 0.480 e. The summed E-state index contributed by atoms with van der Waals surface area (Å²) in [5.41, 5.74) is 0.158. The van der Waals surface area contributed by atoms with Crippen LogP contribution in [-0.4, -0.2) is 35.1 Å². The number of amides is 1. The molecule has 0 aliphatic carbocycles. The summed E-state index contributed by atoms with van der Waals surface area (Å²) in [7, 11) is 0. The van der Waals surface area contributed by atoms with Crippen LogP contribution in [0.3, 0.4) is 0 Å². The molecule has 1 aliphatic rings. The summed E-state index contributed by atoms with van der Waals surface area (Å²) in [5, 5.41) is 11.5. The van der Waals surface area contributed by atoms with E-state index in [1.807, 2.05) is 30.3 Å². The Morgan fingerprint density at radius 1 is 1.26 bits per heavy atom. The van der Waals surface area contributed by atoms with Gasteiger partial charge in [-0.1, -0.05) is 30.3 Å². The number of carbonyl (C=O) groups is 2. The monoisotopic (exact) mass is 323 g/mol. The van der Waals surface area contributed by atoms with Crippen molar-refractivity contribution in [1.82, 2.24) is 5.32 Å². The van der Waals surface area contributed by atoms with Crippen molar-refractivity contribution < 1.29 is 28.9 Å². The third-order valence-electron chi connectivity index (χ3n) is 3.04. The topological polar surface area (TPSA) is 94.1 Å². The van der Waals surface area contributed by atoms with Crippen molar-refractivity contribution in [3.63, 3.8) is 0 Å². The summed E-state index contributed by atoms with van der Waals surface area (Å²) in [6.07, 6.45) is -1.98. The van der Waals surface area contributed by atoms with Crippen LogP contribution >= 0.6 is 0 Å². The van der Waals surface area contributed by atoms with Crippen molar-refractivity contribution in [1.29, 1.82) is 0 Å². The van der Waals surface area contributed by atoms with Crippen molar-refractivity contribution in [2.45, 2.75) is 51.4 Å². The molecular formula is C16H21NO6. The number of rotatable bonds is 5. The molecule has 0 radical (unpaired) electrons. The Morgan fingerprint density at radius 3 is 2.39 bits per heavy atom. The molecule has 1 saturated heterocycles. The van der Waals surface area contributed by atoms with E-state index < -0.39 is 36.3 Å². The maximum absolute atomic E-state index is 11.7. The average Bonchev–Trinajstić information content (AvgIpc) is 2.39. The first-order chi connectivity index (χ1) is 10.7. The Kier molecular flexibility index (Phi) is 5.23. The summed E-state index contributed by atoms with van der Waals surface area (Å²) < 4.78 is 16.1. The third kappa shape index (κ3) is 5.22. The Labute approximate surface area is 134 Å². The number of hydrogen-bond donors (Lipinski definition) is 2. The molecule has 0 saturated carbocycles. The van der Waals surface area contributed by atoms with Crippen LogP contribution in [0.25, 0.3) is 0 Å². The van der Waals surface area contributed by atoms with Crippen molar-refractivity contribution in [2.24, 2.45) is 0 Å². The first-order valence-electron chi connectivity index (χ1n) is 7.33. The summed E-state index contributed by atoms with van der Waals surface area (Å²) in [4.78, 5) is 22.9. The van der Waals surface area contributed by atoms with Gasteiger partial charge >= 0.3 is 12.1 Å². The lowest BCUT2D eigenvalue weighted by molar-refractivity contribution is -0.392. The molecule has 1 aromatic rings. The number of carboxylic acid groups (broad SMARTS) is 1. The zero-order valence-corrected chi connectivity index (χ0v) is 13.3. The molecule has 1 atom stereocenters. The SMILES string of the molecule is CC(C)(C)OC(=O)N[C@@H](CC1OC(c2ccccc2)O1)C(=O)O. The van der Waals surface area contributed by atoms with E-state index in [1.54, 1.807) is 20.8 Å². The fourth-order valence-electron chi connectivity index (χ4n) is 2.03. The van der Waals surface area contributed by atoms with Gasteiger partial charge in [0.25, 0.3) is 0 Å². The van der Waals surface area contributed by atoms with Gasteiger partial charge in [-0.15, -0.1) is 0 Å². The van der Waals surface area contributed by atoms with E-state index >= 15 is 0 Å². The second kappa shape index (κ2) is 6.97. The van der Waals surface area contributed by atoms with Crippen molar-refractivity contribution in [3.8, 4) is 0 Å². The number of nitrogens with one attached hydrogen (secondary N) is 1. The van der Waals surface area contributed by atoms with E-state index in [-0.39, 0.29) is 6.42 Å². The maximum atomic E-state index is 11.7. The second-order valence-corrected chi connectivity index (χ2v) is 6.22. The van der Waals surface area contributed by atoms with Crippen LogP contribution in [0.2, 0.25) is 0 Å². The van der Waals surface area contributed by atoms with Crippen LogP contribution in [0.1, 0.15) is 39.0 Å². The predicted molar refractivity (Wildman–Crippen MR) is 80.6 cm³/mol. The minimum Gasteiger partial charge on any atom is -0.480 e. The van der Waals surface area contributed by atoms with Gasteiger partial charge in [0.2, 0.25) is 0 Å². The zero-order chi connectivity index (χ0) is 17.0. The van der Waals surface area contributed by atoms with E-state index in [4.69, 9.17) is 14.2 Å². The van der Waals surface area contributed by atoms with Crippen molar-refractivity contribution in [3.05, 3.63) is 35.9 Å². The molecule has 7 nitrogen and oxygen atoms in total. The Hall–Kier alpha value is -2.12. The fourth-order valence-corrected chi connectivity index (χ4v) is 2.03. The van der Waals surface area contributed by atoms with E-state index in [0.29, 0.717) is 0 Å². The first kappa shape index (κ1) is 17.2. The summed E-state index contributed by atoms with van der Waals surface area (Å²) in [6, 6.07) is 8.17. The molecule has 126 valence electrons. The molecule has 0 bridgehead atoms. The molecule has 1 fully saturated rings. The number of alkyl carbamates (subject to hydrolysis) is 1. The van der Waals surface area contributed by atoms with Gasteiger partial charge in [0, 0.05) is 12.0 Å². The molecular weight excluding hydrogens is 302 g/mol. The van der Waals surface area contributed by atoms with Gasteiger partial charge in [-0.05, 0) is 20.8 Å². The van der Waals surface area contributed by atoms with Gasteiger partial charge < -0.3 is 24.6 Å². The van der Waals surface area contributed by atoms with Crippen LogP contribution in [0.4, 0.5) is 4.79 Å². The molecule has 0 unspecified atom stereocenters. The molecule has 0 aromatic heterocycles. The summed E-state index contributed by atoms with van der Waals surface area (Å²) in [5.74, 6) is -1.17. The fraction of sp³-hybridized carbons (Fsp3) is 0.500. The number of carbonyl (C=O) groups excluding carboxylic acids is 1. The molecule has 7 heteroatoms. The minimum atomic E-state index is -1.17. The average molecular weight is 323 g/mol. The van der Waals surface area contributed by atoms with Crippen molar-refractivity contribution >= 4 is 12.1 Å². The second-order valence-electron chi connectivity index (χ2n) is 6.22. The van der Waals surface area contributed by atoms with Crippen LogP contribution in [0.15, 0.2) is 30.3 Å². The Balaban J connectivity index is 1.82. The highest BCUT2D eigenvalue weighted by Gasteiger charge is 2.36. The summed E-state index contributed by atoms with van der Waals surface area (Å²) >= 11 is 0. The van der Waals surface area contributed by atoms with Gasteiger partial charge in [-0.3, -0.25) is 0 Å². The van der Waals surface area contributed by atoms with Crippen LogP contribution < -0.4 is 5.32 Å². The molecule has 23 heavy (non-hydrogen) atoms. The lowest BCUT2D eigenvalue weighted by Crippen LogP contribution is -2.48. The molecule has 1 heterocycles. The molecule has 1 aliphatic heterocycles. The lowest BCUT2D eigenvalue weighted by Gasteiger charge is -2.37. The molecule has 1 aromatic carbocycles. The number of benzene rings is 1. The summed E-state index contributed by atoms with van der Waals surface area (Å²) in [6.45, 7) is 5.10. The zero-order valence-electron chi connectivity index (χ0n) is 13.3.